The SMILES string of the molecule is COC[C@@H](NC(=O)c1cc(=O)[nH]cn1)c1ccc(OC(F)(F)F)cc1. The second kappa shape index (κ2) is 7.79. The van der Waals surface area contributed by atoms with Crippen LogP contribution in [0.1, 0.15) is 22.1 Å². The summed E-state index contributed by atoms with van der Waals surface area (Å²) in [5.41, 5.74) is -0.0893. The number of aromatic amines is 1. The van der Waals surface area contributed by atoms with E-state index in [0.29, 0.717) is 5.56 Å². The van der Waals surface area contributed by atoms with E-state index < -0.39 is 23.9 Å². The van der Waals surface area contributed by atoms with Gasteiger partial charge >= 0.3 is 6.36 Å². The first-order chi connectivity index (χ1) is 11.8. The highest BCUT2D eigenvalue weighted by Crippen LogP contribution is 2.24. The average molecular weight is 357 g/mol. The van der Waals surface area contributed by atoms with Crippen LogP contribution in [0.5, 0.6) is 5.75 Å². The maximum absolute atomic E-state index is 12.2. The Labute approximate surface area is 139 Å². The van der Waals surface area contributed by atoms with Crippen LogP contribution in [-0.2, 0) is 4.74 Å². The number of carbonyl (C=O) groups is 1. The molecule has 0 radical (unpaired) electrons. The number of halogens is 3. The lowest BCUT2D eigenvalue weighted by Gasteiger charge is -2.18. The van der Waals surface area contributed by atoms with Gasteiger partial charge in [0.05, 0.1) is 19.0 Å². The first-order valence-electron chi connectivity index (χ1n) is 6.99. The number of nitrogens with one attached hydrogen (secondary N) is 2. The third-order valence-electron chi connectivity index (χ3n) is 3.07. The fraction of sp³-hybridized carbons (Fsp3) is 0.267. The van der Waals surface area contributed by atoms with Gasteiger partial charge in [0.15, 0.2) is 0 Å². The summed E-state index contributed by atoms with van der Waals surface area (Å²) in [7, 11) is 1.41. The normalized spacial score (nSPS) is 12.5. The van der Waals surface area contributed by atoms with Crippen LogP contribution in [0, 0.1) is 0 Å². The Kier molecular flexibility index (Phi) is 5.75. The number of methoxy groups -OCH3 is 1. The molecule has 1 heterocycles. The highest BCUT2D eigenvalue weighted by atomic mass is 19.4. The average Bonchev–Trinajstić information content (AvgIpc) is 2.53. The van der Waals surface area contributed by atoms with Gasteiger partial charge in [0.1, 0.15) is 11.4 Å². The molecule has 0 spiro atoms. The maximum Gasteiger partial charge on any atom is 0.573 e. The van der Waals surface area contributed by atoms with Crippen molar-refractivity contribution in [3.63, 3.8) is 0 Å². The zero-order chi connectivity index (χ0) is 18.4. The fourth-order valence-electron chi connectivity index (χ4n) is 2.01. The molecule has 2 N–H and O–H groups in total. The van der Waals surface area contributed by atoms with E-state index in [2.05, 4.69) is 20.0 Å². The number of alkyl halides is 3. The molecule has 1 atom stereocenters. The van der Waals surface area contributed by atoms with Gasteiger partial charge in [-0.1, -0.05) is 12.1 Å². The van der Waals surface area contributed by atoms with E-state index in [1.165, 1.54) is 19.2 Å². The van der Waals surface area contributed by atoms with Gasteiger partial charge in [-0.15, -0.1) is 13.2 Å². The van der Waals surface area contributed by atoms with E-state index in [-0.39, 0.29) is 18.1 Å². The number of nitrogens with zero attached hydrogens (tertiary/aromatic N) is 1. The molecule has 0 unspecified atom stereocenters. The molecule has 0 saturated heterocycles. The summed E-state index contributed by atoms with van der Waals surface area (Å²) in [5.74, 6) is -1.00. The number of hydrogen-bond donors (Lipinski definition) is 2. The van der Waals surface area contributed by atoms with E-state index >= 15 is 0 Å². The van der Waals surface area contributed by atoms with Gasteiger partial charge in [0.2, 0.25) is 0 Å². The summed E-state index contributed by atoms with van der Waals surface area (Å²) in [6, 6.07) is 5.37. The molecule has 0 aliphatic carbocycles. The molecule has 1 amide bonds. The zero-order valence-corrected chi connectivity index (χ0v) is 13.0. The van der Waals surface area contributed by atoms with Gasteiger partial charge in [-0.2, -0.15) is 0 Å². The summed E-state index contributed by atoms with van der Waals surface area (Å²) < 4.78 is 45.3. The molecule has 2 aromatic rings. The highest BCUT2D eigenvalue weighted by molar-refractivity contribution is 5.92. The van der Waals surface area contributed by atoms with Crippen molar-refractivity contribution in [2.75, 3.05) is 13.7 Å². The Hall–Kier alpha value is -2.88. The Morgan fingerprint density at radius 3 is 2.56 bits per heavy atom. The van der Waals surface area contributed by atoms with Crippen molar-refractivity contribution in [1.82, 2.24) is 15.3 Å². The van der Waals surface area contributed by atoms with Crippen LogP contribution in [0.4, 0.5) is 13.2 Å². The standard InChI is InChI=1S/C15H14F3N3O4/c1-24-7-12(21-14(23)11-6-13(22)20-8-19-11)9-2-4-10(5-3-9)25-15(16,17)18/h2-6,8,12H,7H2,1H3,(H,21,23)(H,19,20,22)/t12-/m1/s1. The van der Waals surface area contributed by atoms with Gasteiger partial charge in [-0.25, -0.2) is 4.98 Å². The third-order valence-corrected chi connectivity index (χ3v) is 3.07. The molecule has 0 aliphatic heterocycles. The summed E-state index contributed by atoms with van der Waals surface area (Å²) in [6.07, 6.45) is -3.69. The first kappa shape index (κ1) is 18.5. The summed E-state index contributed by atoms with van der Waals surface area (Å²) >= 11 is 0. The molecule has 0 bridgehead atoms. The number of amides is 1. The number of carbonyl (C=O) groups excluding carboxylic acids is 1. The molecule has 2 rings (SSSR count). The van der Waals surface area contributed by atoms with Crippen molar-refractivity contribution >= 4 is 5.91 Å². The molecule has 0 fully saturated rings. The molecule has 10 heteroatoms. The quantitative estimate of drug-likeness (QED) is 0.822. The molecule has 0 saturated carbocycles. The van der Waals surface area contributed by atoms with Crippen LogP contribution < -0.4 is 15.6 Å². The number of ether oxygens (including phenoxy) is 2. The Morgan fingerprint density at radius 2 is 2.00 bits per heavy atom. The van der Waals surface area contributed by atoms with Crippen LogP contribution >= 0.6 is 0 Å². The highest BCUT2D eigenvalue weighted by Gasteiger charge is 2.31. The monoisotopic (exact) mass is 357 g/mol. The van der Waals surface area contributed by atoms with Gasteiger partial charge in [-0.05, 0) is 17.7 Å². The van der Waals surface area contributed by atoms with Crippen molar-refractivity contribution in [3.8, 4) is 5.75 Å². The lowest BCUT2D eigenvalue weighted by Crippen LogP contribution is -2.32. The molecular formula is C15H14F3N3O4. The molecule has 0 aliphatic rings. The Morgan fingerprint density at radius 1 is 1.32 bits per heavy atom. The first-order valence-corrected chi connectivity index (χ1v) is 6.99. The summed E-state index contributed by atoms with van der Waals surface area (Å²) in [6.45, 7) is 0.0639. The minimum absolute atomic E-state index is 0.0639. The van der Waals surface area contributed by atoms with Crippen molar-refractivity contribution in [2.24, 2.45) is 0 Å². The fourth-order valence-corrected chi connectivity index (χ4v) is 2.01. The second-order valence-electron chi connectivity index (χ2n) is 4.89. The molecule has 134 valence electrons. The molecule has 1 aromatic carbocycles. The van der Waals surface area contributed by atoms with E-state index in [1.54, 1.807) is 0 Å². The Balaban J connectivity index is 2.14. The largest absolute Gasteiger partial charge is 0.573 e. The molecular weight excluding hydrogens is 343 g/mol. The van der Waals surface area contributed by atoms with Crippen molar-refractivity contribution in [1.29, 1.82) is 0 Å². The number of rotatable bonds is 6. The van der Waals surface area contributed by atoms with Gasteiger partial charge in [-0.3, -0.25) is 9.59 Å². The molecule has 1 aromatic heterocycles. The smallest absolute Gasteiger partial charge is 0.406 e. The van der Waals surface area contributed by atoms with Crippen molar-refractivity contribution < 1.29 is 27.4 Å². The van der Waals surface area contributed by atoms with E-state index in [0.717, 1.165) is 24.5 Å². The number of aromatic nitrogens is 2. The van der Waals surface area contributed by atoms with Gasteiger partial charge in [0.25, 0.3) is 11.5 Å². The van der Waals surface area contributed by atoms with Crippen LogP contribution in [0.15, 0.2) is 41.5 Å². The topological polar surface area (TPSA) is 93.3 Å². The van der Waals surface area contributed by atoms with Crippen LogP contribution in [0.2, 0.25) is 0 Å². The minimum Gasteiger partial charge on any atom is -0.406 e. The number of benzene rings is 1. The predicted molar refractivity (Wildman–Crippen MR) is 80.1 cm³/mol. The predicted octanol–water partition coefficient (Wildman–Crippen LogP) is 1.79. The lowest BCUT2D eigenvalue weighted by atomic mass is 10.1. The van der Waals surface area contributed by atoms with Gasteiger partial charge < -0.3 is 19.8 Å². The van der Waals surface area contributed by atoms with Crippen molar-refractivity contribution in [2.45, 2.75) is 12.4 Å². The maximum atomic E-state index is 12.2. The van der Waals surface area contributed by atoms with E-state index in [9.17, 15) is 22.8 Å². The minimum atomic E-state index is -4.78. The molecule has 7 nitrogen and oxygen atoms in total. The van der Waals surface area contributed by atoms with Crippen LogP contribution in [-0.4, -0.2) is 36.0 Å². The number of H-pyrrole nitrogens is 1. The zero-order valence-electron chi connectivity index (χ0n) is 13.0. The molecule has 25 heavy (non-hydrogen) atoms. The lowest BCUT2D eigenvalue weighted by molar-refractivity contribution is -0.274. The third kappa shape index (κ3) is 5.60. The van der Waals surface area contributed by atoms with Crippen LogP contribution in [0.25, 0.3) is 0 Å². The van der Waals surface area contributed by atoms with E-state index in [4.69, 9.17) is 4.74 Å². The summed E-state index contributed by atoms with van der Waals surface area (Å²) in [4.78, 5) is 29.4. The van der Waals surface area contributed by atoms with E-state index in [1.807, 2.05) is 0 Å². The van der Waals surface area contributed by atoms with Crippen LogP contribution in [0.3, 0.4) is 0 Å². The van der Waals surface area contributed by atoms with Crippen molar-refractivity contribution in [3.05, 3.63) is 58.3 Å². The Bertz CT molecular complexity index is 775. The number of hydrogen-bond acceptors (Lipinski definition) is 5. The van der Waals surface area contributed by atoms with Gasteiger partial charge in [0, 0.05) is 13.2 Å². The second-order valence-corrected chi connectivity index (χ2v) is 4.89. The summed E-state index contributed by atoms with van der Waals surface area (Å²) in [5, 5.41) is 2.60.